The van der Waals surface area contributed by atoms with Gasteiger partial charge in [0, 0.05) is 19.6 Å². The molecule has 2 fully saturated rings. The molecule has 2 aliphatic rings. The van der Waals surface area contributed by atoms with Crippen molar-refractivity contribution >= 4 is 0 Å². The zero-order valence-electron chi connectivity index (χ0n) is 9.63. The van der Waals surface area contributed by atoms with Crippen molar-refractivity contribution in [2.45, 2.75) is 38.5 Å². The Hall–Kier alpha value is -0.940. The molecule has 5 heteroatoms. The van der Waals surface area contributed by atoms with Gasteiger partial charge in [-0.15, -0.1) is 0 Å². The van der Waals surface area contributed by atoms with Gasteiger partial charge in [-0.3, -0.25) is 4.90 Å². The summed E-state index contributed by atoms with van der Waals surface area (Å²) in [5, 5.41) is 14.3. The monoisotopic (exact) mass is 222 g/mol. The number of β-amino-alcohol motifs (C(OH)–C–C–N with tert-alkyl or cyclic N) is 1. The fraction of sp³-hybridized carbons (Fsp3) is 0.818. The summed E-state index contributed by atoms with van der Waals surface area (Å²) in [6.45, 7) is 5.33. The number of rotatable bonds is 4. The van der Waals surface area contributed by atoms with Crippen molar-refractivity contribution in [3.8, 4) is 0 Å². The average molecular weight is 222 g/mol. The first kappa shape index (κ1) is 10.2. The fourth-order valence-electron chi connectivity index (χ4n) is 2.59. The molecule has 0 radical (unpaired) electrons. The molecular formula is C11H18N4O. The Morgan fingerprint density at radius 3 is 2.88 bits per heavy atom. The van der Waals surface area contributed by atoms with Crippen LogP contribution in [0.3, 0.4) is 0 Å². The Labute approximate surface area is 95.1 Å². The topological polar surface area (TPSA) is 54.2 Å². The van der Waals surface area contributed by atoms with Crippen molar-refractivity contribution in [2.24, 2.45) is 5.92 Å². The van der Waals surface area contributed by atoms with Crippen molar-refractivity contribution in [1.82, 2.24) is 19.7 Å². The van der Waals surface area contributed by atoms with Gasteiger partial charge in [0.25, 0.3) is 0 Å². The van der Waals surface area contributed by atoms with E-state index < -0.39 is 5.60 Å². The van der Waals surface area contributed by atoms with Crippen LogP contribution in [-0.2, 0) is 13.1 Å². The quantitative estimate of drug-likeness (QED) is 0.793. The lowest BCUT2D eigenvalue weighted by Crippen LogP contribution is -2.62. The van der Waals surface area contributed by atoms with Crippen LogP contribution in [0.4, 0.5) is 0 Å². The highest BCUT2D eigenvalue weighted by atomic mass is 16.3. The summed E-state index contributed by atoms with van der Waals surface area (Å²) < 4.78 is 1.91. The molecule has 0 unspecified atom stereocenters. The van der Waals surface area contributed by atoms with Crippen LogP contribution in [0.1, 0.15) is 25.6 Å². The molecule has 0 bridgehead atoms. The summed E-state index contributed by atoms with van der Waals surface area (Å²) in [6, 6.07) is 0. The third kappa shape index (κ3) is 1.64. The minimum Gasteiger partial charge on any atom is -0.387 e. The van der Waals surface area contributed by atoms with Gasteiger partial charge in [0.05, 0.1) is 12.1 Å². The Morgan fingerprint density at radius 2 is 2.25 bits per heavy atom. The second-order valence-electron chi connectivity index (χ2n) is 5.02. The van der Waals surface area contributed by atoms with Crippen LogP contribution in [-0.4, -0.2) is 43.5 Å². The fourth-order valence-corrected chi connectivity index (χ4v) is 2.59. The summed E-state index contributed by atoms with van der Waals surface area (Å²) in [5.41, 5.74) is -0.392. The van der Waals surface area contributed by atoms with Crippen LogP contribution in [0.5, 0.6) is 0 Å². The van der Waals surface area contributed by atoms with Gasteiger partial charge in [0.15, 0.2) is 0 Å². The number of hydrogen-bond acceptors (Lipinski definition) is 4. The normalized spacial score (nSPS) is 24.4. The molecule has 1 aromatic heterocycles. The van der Waals surface area contributed by atoms with Crippen molar-refractivity contribution in [1.29, 1.82) is 0 Å². The van der Waals surface area contributed by atoms with Crippen LogP contribution in [0.15, 0.2) is 6.33 Å². The van der Waals surface area contributed by atoms with Gasteiger partial charge < -0.3 is 5.11 Å². The van der Waals surface area contributed by atoms with E-state index in [1.54, 1.807) is 6.33 Å². The largest absolute Gasteiger partial charge is 0.387 e. The van der Waals surface area contributed by atoms with E-state index in [9.17, 15) is 5.11 Å². The highest BCUT2D eigenvalue weighted by Gasteiger charge is 2.51. The number of aryl methyl sites for hydroxylation is 1. The van der Waals surface area contributed by atoms with E-state index in [1.165, 1.54) is 12.8 Å². The van der Waals surface area contributed by atoms with Crippen molar-refractivity contribution in [3.63, 3.8) is 0 Å². The van der Waals surface area contributed by atoms with Crippen LogP contribution in [0, 0.1) is 5.92 Å². The smallest absolute Gasteiger partial charge is 0.140 e. The Morgan fingerprint density at radius 1 is 1.50 bits per heavy atom. The van der Waals surface area contributed by atoms with Gasteiger partial charge in [0.1, 0.15) is 12.2 Å². The first-order valence-electron chi connectivity index (χ1n) is 6.03. The molecule has 0 amide bonds. The first-order chi connectivity index (χ1) is 7.71. The highest BCUT2D eigenvalue weighted by Crippen LogP contribution is 2.44. The van der Waals surface area contributed by atoms with Crippen LogP contribution in [0.25, 0.3) is 0 Å². The van der Waals surface area contributed by atoms with E-state index in [4.69, 9.17) is 0 Å². The highest BCUT2D eigenvalue weighted by molar-refractivity contribution is 5.06. The van der Waals surface area contributed by atoms with E-state index >= 15 is 0 Å². The van der Waals surface area contributed by atoms with Gasteiger partial charge in [-0.2, -0.15) is 5.10 Å². The van der Waals surface area contributed by atoms with E-state index in [1.807, 2.05) is 4.68 Å². The molecule has 2 heterocycles. The second kappa shape index (κ2) is 3.53. The average Bonchev–Trinajstić information content (AvgIpc) is 2.98. The molecule has 1 aliphatic heterocycles. The molecule has 5 nitrogen and oxygen atoms in total. The van der Waals surface area contributed by atoms with E-state index in [2.05, 4.69) is 21.9 Å². The van der Waals surface area contributed by atoms with Crippen molar-refractivity contribution in [3.05, 3.63) is 12.2 Å². The number of aliphatic hydroxyl groups is 1. The lowest BCUT2D eigenvalue weighted by Gasteiger charge is -2.46. The molecule has 3 rings (SSSR count). The molecule has 0 spiro atoms. The van der Waals surface area contributed by atoms with Crippen LogP contribution < -0.4 is 0 Å². The predicted molar refractivity (Wildman–Crippen MR) is 58.6 cm³/mol. The molecule has 1 N–H and O–H groups in total. The molecule has 0 aromatic carbocycles. The number of likely N-dealkylation sites (tertiary alicyclic amines) is 1. The zero-order valence-corrected chi connectivity index (χ0v) is 9.63. The Bertz CT molecular complexity index is 379. The third-order valence-corrected chi connectivity index (χ3v) is 3.69. The molecule has 1 saturated heterocycles. The Kier molecular flexibility index (Phi) is 2.26. The summed E-state index contributed by atoms with van der Waals surface area (Å²) in [5.74, 6) is 1.56. The maximum absolute atomic E-state index is 10.2. The van der Waals surface area contributed by atoms with Crippen LogP contribution >= 0.6 is 0 Å². The molecule has 1 aliphatic carbocycles. The summed E-state index contributed by atoms with van der Waals surface area (Å²) in [7, 11) is 0. The van der Waals surface area contributed by atoms with Crippen molar-refractivity contribution in [2.75, 3.05) is 13.1 Å². The molecule has 88 valence electrons. The third-order valence-electron chi connectivity index (χ3n) is 3.69. The SMILES string of the molecule is CCn1ncnc1CN1CC(O)(C2CC2)C1. The van der Waals surface area contributed by atoms with Gasteiger partial charge in [-0.25, -0.2) is 9.67 Å². The lowest BCUT2D eigenvalue weighted by molar-refractivity contribution is -0.117. The maximum Gasteiger partial charge on any atom is 0.140 e. The summed E-state index contributed by atoms with van der Waals surface area (Å²) >= 11 is 0. The molecule has 1 saturated carbocycles. The number of hydrogen-bond donors (Lipinski definition) is 1. The predicted octanol–water partition coefficient (Wildman–Crippen LogP) is 0.255. The minimum atomic E-state index is -0.392. The molecule has 16 heavy (non-hydrogen) atoms. The number of aromatic nitrogens is 3. The molecular weight excluding hydrogens is 204 g/mol. The first-order valence-corrected chi connectivity index (χ1v) is 6.03. The van der Waals surface area contributed by atoms with E-state index in [0.29, 0.717) is 5.92 Å². The van der Waals surface area contributed by atoms with Gasteiger partial charge in [-0.05, 0) is 25.7 Å². The van der Waals surface area contributed by atoms with Crippen LogP contribution in [0.2, 0.25) is 0 Å². The van der Waals surface area contributed by atoms with Crippen molar-refractivity contribution < 1.29 is 5.11 Å². The van der Waals surface area contributed by atoms with Gasteiger partial charge >= 0.3 is 0 Å². The molecule has 0 atom stereocenters. The Balaban J connectivity index is 1.57. The number of nitrogens with zero attached hydrogens (tertiary/aromatic N) is 4. The minimum absolute atomic E-state index is 0.392. The summed E-state index contributed by atoms with van der Waals surface area (Å²) in [4.78, 5) is 6.49. The van der Waals surface area contributed by atoms with E-state index in [-0.39, 0.29) is 0 Å². The second-order valence-corrected chi connectivity index (χ2v) is 5.02. The zero-order chi connectivity index (χ0) is 11.2. The standard InChI is InChI=1S/C11H18N4O/c1-2-15-10(12-8-13-15)5-14-6-11(16,7-14)9-3-4-9/h8-9,16H,2-7H2,1H3. The maximum atomic E-state index is 10.2. The lowest BCUT2D eigenvalue weighted by atomic mass is 9.89. The van der Waals surface area contributed by atoms with Gasteiger partial charge in [-0.1, -0.05) is 0 Å². The van der Waals surface area contributed by atoms with Gasteiger partial charge in [0.2, 0.25) is 0 Å². The van der Waals surface area contributed by atoms with E-state index in [0.717, 1.165) is 32.0 Å². The summed E-state index contributed by atoms with van der Waals surface area (Å²) in [6.07, 6.45) is 4.01. The molecule has 1 aromatic rings.